The average Bonchev–Trinajstić information content (AvgIpc) is 2.61. The van der Waals surface area contributed by atoms with E-state index in [0.717, 1.165) is 16.9 Å². The molecule has 128 valence electrons. The smallest absolute Gasteiger partial charge is 0.335 e. The second kappa shape index (κ2) is 8.47. The minimum absolute atomic E-state index is 0.0527. The van der Waals surface area contributed by atoms with Crippen molar-refractivity contribution in [3.63, 3.8) is 0 Å². The van der Waals surface area contributed by atoms with Crippen molar-refractivity contribution >= 4 is 5.97 Å². The van der Waals surface area contributed by atoms with Crippen LogP contribution in [0.15, 0.2) is 48.5 Å². The third kappa shape index (κ3) is 4.57. The summed E-state index contributed by atoms with van der Waals surface area (Å²) in [7, 11) is 3.32. The van der Waals surface area contributed by atoms with E-state index in [9.17, 15) is 4.79 Å². The van der Waals surface area contributed by atoms with Crippen LogP contribution in [0, 0.1) is 0 Å². The van der Waals surface area contributed by atoms with E-state index in [4.69, 9.17) is 14.6 Å². The normalized spacial score (nSPS) is 13.3. The lowest BCUT2D eigenvalue weighted by molar-refractivity contribution is 0.0696. The first-order chi connectivity index (χ1) is 11.5. The number of methoxy groups -OCH3 is 2. The van der Waals surface area contributed by atoms with E-state index in [0.29, 0.717) is 12.1 Å². The highest BCUT2D eigenvalue weighted by Gasteiger charge is 2.18. The Hall–Kier alpha value is -2.37. The highest BCUT2D eigenvalue weighted by atomic mass is 16.5. The number of nitrogens with one attached hydrogen (secondary N) is 1. The Morgan fingerprint density at radius 1 is 1.17 bits per heavy atom. The van der Waals surface area contributed by atoms with Crippen LogP contribution >= 0.6 is 0 Å². The molecule has 0 aliphatic carbocycles. The van der Waals surface area contributed by atoms with Crippen molar-refractivity contribution in [2.45, 2.75) is 25.6 Å². The molecule has 0 heterocycles. The molecule has 0 aromatic heterocycles. The fourth-order valence-electron chi connectivity index (χ4n) is 2.62. The molecule has 2 N–H and O–H groups in total. The maximum absolute atomic E-state index is 11.0. The number of hydrogen-bond acceptors (Lipinski definition) is 4. The van der Waals surface area contributed by atoms with Crippen LogP contribution in [0.2, 0.25) is 0 Å². The Kier molecular flexibility index (Phi) is 6.35. The van der Waals surface area contributed by atoms with Gasteiger partial charge in [0.15, 0.2) is 0 Å². The summed E-state index contributed by atoms with van der Waals surface area (Å²) in [5.41, 5.74) is 2.27. The number of rotatable bonds is 8. The van der Waals surface area contributed by atoms with Gasteiger partial charge >= 0.3 is 5.97 Å². The zero-order valence-electron chi connectivity index (χ0n) is 14.2. The molecule has 0 saturated heterocycles. The summed E-state index contributed by atoms with van der Waals surface area (Å²) in [5, 5.41) is 12.4. The van der Waals surface area contributed by atoms with Gasteiger partial charge in [0.1, 0.15) is 5.75 Å². The summed E-state index contributed by atoms with van der Waals surface area (Å²) in [5.74, 6) is -0.113. The zero-order chi connectivity index (χ0) is 17.5. The van der Waals surface area contributed by atoms with Crippen molar-refractivity contribution in [2.24, 2.45) is 0 Å². The highest BCUT2D eigenvalue weighted by Crippen LogP contribution is 2.23. The quantitative estimate of drug-likeness (QED) is 0.778. The molecule has 5 heteroatoms. The summed E-state index contributed by atoms with van der Waals surface area (Å²) in [6.45, 7) is 2.61. The van der Waals surface area contributed by atoms with Gasteiger partial charge in [-0.1, -0.05) is 24.3 Å². The third-order valence-electron chi connectivity index (χ3n) is 3.95. The fraction of sp³-hybridized carbons (Fsp3) is 0.316. The summed E-state index contributed by atoms with van der Waals surface area (Å²) in [6, 6.07) is 14.8. The Labute approximate surface area is 142 Å². The second-order valence-corrected chi connectivity index (χ2v) is 5.60. The third-order valence-corrected chi connectivity index (χ3v) is 3.95. The molecule has 0 spiro atoms. The van der Waals surface area contributed by atoms with E-state index in [2.05, 4.69) is 5.32 Å². The van der Waals surface area contributed by atoms with Crippen molar-refractivity contribution in [1.82, 2.24) is 5.32 Å². The first kappa shape index (κ1) is 18.0. The monoisotopic (exact) mass is 329 g/mol. The van der Waals surface area contributed by atoms with Crippen LogP contribution in [0.25, 0.3) is 0 Å². The van der Waals surface area contributed by atoms with E-state index >= 15 is 0 Å². The van der Waals surface area contributed by atoms with Gasteiger partial charge in [-0.05, 0) is 42.3 Å². The van der Waals surface area contributed by atoms with Crippen LogP contribution in [-0.2, 0) is 11.3 Å². The number of benzene rings is 2. The Bertz CT molecular complexity index is 669. The van der Waals surface area contributed by atoms with E-state index < -0.39 is 5.97 Å². The molecule has 2 aromatic rings. The number of ether oxygens (including phenoxy) is 2. The summed E-state index contributed by atoms with van der Waals surface area (Å²) < 4.78 is 10.8. The molecule has 0 bridgehead atoms. The number of hydrogen-bond donors (Lipinski definition) is 2. The van der Waals surface area contributed by atoms with E-state index in [-0.39, 0.29) is 12.1 Å². The maximum Gasteiger partial charge on any atom is 0.335 e. The molecule has 2 unspecified atom stereocenters. The van der Waals surface area contributed by atoms with Gasteiger partial charge < -0.3 is 19.9 Å². The number of carboxylic acid groups (broad SMARTS) is 1. The molecule has 0 aliphatic heterocycles. The van der Waals surface area contributed by atoms with Crippen LogP contribution < -0.4 is 10.1 Å². The van der Waals surface area contributed by atoms with Crippen molar-refractivity contribution in [1.29, 1.82) is 0 Å². The molecule has 2 aromatic carbocycles. The number of aromatic carboxylic acids is 1. The first-order valence-electron chi connectivity index (χ1n) is 7.77. The van der Waals surface area contributed by atoms with Crippen molar-refractivity contribution in [3.05, 3.63) is 65.2 Å². The van der Waals surface area contributed by atoms with Crippen LogP contribution in [0.1, 0.15) is 34.5 Å². The summed E-state index contributed by atoms with van der Waals surface area (Å²) in [4.78, 5) is 11.0. The van der Waals surface area contributed by atoms with Crippen LogP contribution in [0.3, 0.4) is 0 Å². The Morgan fingerprint density at radius 3 is 2.46 bits per heavy atom. The Balaban J connectivity index is 2.02. The molecule has 0 fully saturated rings. The summed E-state index contributed by atoms with van der Waals surface area (Å²) in [6.07, 6.45) is -0.112. The van der Waals surface area contributed by atoms with E-state index in [1.165, 1.54) is 0 Å². The second-order valence-electron chi connectivity index (χ2n) is 5.60. The van der Waals surface area contributed by atoms with Crippen LogP contribution in [0.5, 0.6) is 5.75 Å². The molecular formula is C19H23NO4. The largest absolute Gasteiger partial charge is 0.497 e. The lowest BCUT2D eigenvalue weighted by Crippen LogP contribution is -2.32. The molecule has 2 atom stereocenters. The predicted molar refractivity (Wildman–Crippen MR) is 92.4 cm³/mol. The van der Waals surface area contributed by atoms with Gasteiger partial charge in [-0.2, -0.15) is 0 Å². The van der Waals surface area contributed by atoms with Crippen LogP contribution in [-0.4, -0.2) is 31.3 Å². The van der Waals surface area contributed by atoms with Gasteiger partial charge in [-0.15, -0.1) is 0 Å². The van der Waals surface area contributed by atoms with Crippen molar-refractivity contribution in [2.75, 3.05) is 14.2 Å². The topological polar surface area (TPSA) is 67.8 Å². The lowest BCUT2D eigenvalue weighted by atomic mass is 10.0. The zero-order valence-corrected chi connectivity index (χ0v) is 14.2. The SMILES string of the molecule is COc1ccc(C(OC)C(C)NCc2cccc(C(=O)O)c2)cc1. The minimum Gasteiger partial charge on any atom is -0.497 e. The maximum atomic E-state index is 11.0. The average molecular weight is 329 g/mol. The molecule has 0 aliphatic rings. The summed E-state index contributed by atoms with van der Waals surface area (Å²) >= 11 is 0. The Morgan fingerprint density at radius 2 is 1.88 bits per heavy atom. The first-order valence-corrected chi connectivity index (χ1v) is 7.77. The highest BCUT2D eigenvalue weighted by molar-refractivity contribution is 5.87. The molecular weight excluding hydrogens is 306 g/mol. The molecule has 0 radical (unpaired) electrons. The fourth-order valence-corrected chi connectivity index (χ4v) is 2.62. The minimum atomic E-state index is -0.919. The van der Waals surface area contributed by atoms with Gasteiger partial charge in [0, 0.05) is 19.7 Å². The van der Waals surface area contributed by atoms with Gasteiger partial charge in [0.2, 0.25) is 0 Å². The predicted octanol–water partition coefficient (Wildman–Crippen LogP) is 3.26. The van der Waals surface area contributed by atoms with Crippen LogP contribution in [0.4, 0.5) is 0 Å². The molecule has 0 saturated carbocycles. The van der Waals surface area contributed by atoms with Crippen molar-refractivity contribution < 1.29 is 19.4 Å². The van der Waals surface area contributed by atoms with Gasteiger partial charge in [-0.3, -0.25) is 0 Å². The number of carbonyl (C=O) groups is 1. The van der Waals surface area contributed by atoms with Gasteiger partial charge in [0.05, 0.1) is 18.8 Å². The molecule has 2 rings (SSSR count). The molecule has 5 nitrogen and oxygen atoms in total. The molecule has 0 amide bonds. The van der Waals surface area contributed by atoms with Gasteiger partial charge in [-0.25, -0.2) is 4.79 Å². The van der Waals surface area contributed by atoms with E-state index in [1.807, 2.05) is 37.3 Å². The standard InChI is InChI=1S/C19H23NO4/c1-13(18(24-3)15-7-9-17(23-2)10-8-15)20-12-14-5-4-6-16(11-14)19(21)22/h4-11,13,18,20H,12H2,1-3H3,(H,21,22). The van der Waals surface area contributed by atoms with E-state index in [1.54, 1.807) is 32.4 Å². The van der Waals surface area contributed by atoms with Crippen molar-refractivity contribution in [3.8, 4) is 5.75 Å². The lowest BCUT2D eigenvalue weighted by Gasteiger charge is -2.24. The van der Waals surface area contributed by atoms with Gasteiger partial charge in [0.25, 0.3) is 0 Å². The number of carboxylic acids is 1. The molecule has 24 heavy (non-hydrogen) atoms.